The second-order valence-corrected chi connectivity index (χ2v) is 7.74. The summed E-state index contributed by atoms with van der Waals surface area (Å²) in [6.07, 6.45) is -4.61. The van der Waals surface area contributed by atoms with Crippen LogP contribution in [0, 0.1) is 13.8 Å². The van der Waals surface area contributed by atoms with Gasteiger partial charge in [-0.1, -0.05) is 44.7 Å². The number of alkyl halides is 3. The fourth-order valence-corrected chi connectivity index (χ4v) is 3.41. The first kappa shape index (κ1) is 18.6. The van der Waals surface area contributed by atoms with Crippen molar-refractivity contribution in [3.8, 4) is 0 Å². The zero-order valence-corrected chi connectivity index (χ0v) is 15.1. The summed E-state index contributed by atoms with van der Waals surface area (Å²) in [5.41, 5.74) is 4.55. The van der Waals surface area contributed by atoms with Crippen LogP contribution in [0.3, 0.4) is 0 Å². The van der Waals surface area contributed by atoms with Crippen molar-refractivity contribution >= 4 is 11.8 Å². The van der Waals surface area contributed by atoms with Crippen LogP contribution in [0.2, 0.25) is 0 Å². The molecule has 0 spiro atoms. The molecule has 132 valence electrons. The summed E-state index contributed by atoms with van der Waals surface area (Å²) in [7, 11) is 0. The van der Waals surface area contributed by atoms with E-state index in [0.29, 0.717) is 10.4 Å². The Kier molecular flexibility index (Phi) is 4.90. The highest BCUT2D eigenvalue weighted by Crippen LogP contribution is 2.32. The van der Waals surface area contributed by atoms with E-state index in [0.717, 1.165) is 28.5 Å². The first-order chi connectivity index (χ1) is 10.9. The van der Waals surface area contributed by atoms with Gasteiger partial charge in [-0.2, -0.15) is 13.2 Å². The van der Waals surface area contributed by atoms with Crippen LogP contribution >= 0.6 is 11.8 Å². The molecule has 2 N–H and O–H groups in total. The number of thioether (sulfide) groups is 1. The van der Waals surface area contributed by atoms with Crippen molar-refractivity contribution in [2.24, 2.45) is 0 Å². The van der Waals surface area contributed by atoms with E-state index in [1.54, 1.807) is 0 Å². The number of nitrogens with zero attached hydrogens (tertiary/aromatic N) is 3. The normalized spacial score (nSPS) is 12.7. The van der Waals surface area contributed by atoms with Crippen LogP contribution in [-0.2, 0) is 17.3 Å². The molecule has 2 aromatic rings. The molecular weight excluding hydrogens is 337 g/mol. The molecule has 0 radical (unpaired) electrons. The number of hydrogen-bond acceptors (Lipinski definition) is 4. The van der Waals surface area contributed by atoms with Crippen molar-refractivity contribution in [3.63, 3.8) is 0 Å². The summed E-state index contributed by atoms with van der Waals surface area (Å²) in [5, 5.41) is 6.72. The Bertz CT molecular complexity index is 722. The van der Waals surface area contributed by atoms with E-state index in [4.69, 9.17) is 5.84 Å². The molecule has 0 amide bonds. The van der Waals surface area contributed by atoms with Gasteiger partial charge in [-0.05, 0) is 41.5 Å². The van der Waals surface area contributed by atoms with E-state index in [-0.39, 0.29) is 10.6 Å². The summed E-state index contributed by atoms with van der Waals surface area (Å²) in [6, 6.07) is 4.24. The van der Waals surface area contributed by atoms with Crippen molar-refractivity contribution in [1.82, 2.24) is 14.9 Å². The Hall–Kier alpha value is -1.70. The summed E-state index contributed by atoms with van der Waals surface area (Å²) in [6.45, 7) is 10.4. The molecule has 0 saturated heterocycles. The number of aromatic nitrogens is 3. The molecule has 2 rings (SSSR count). The standard InChI is InChI=1S/C16H21F3N4S/c1-9-6-11(15(3,4)5)7-10(2)12(9)8-24-14-22-21-13(23(14)20)16(17,18)19/h6-7H,8,20H2,1-5H3. The third kappa shape index (κ3) is 3.85. The van der Waals surface area contributed by atoms with Crippen molar-refractivity contribution in [1.29, 1.82) is 0 Å². The van der Waals surface area contributed by atoms with Gasteiger partial charge in [0.25, 0.3) is 5.82 Å². The highest BCUT2D eigenvalue weighted by atomic mass is 32.2. The molecule has 0 fully saturated rings. The Morgan fingerprint density at radius 1 is 1.08 bits per heavy atom. The number of halogens is 3. The van der Waals surface area contributed by atoms with E-state index < -0.39 is 12.0 Å². The van der Waals surface area contributed by atoms with E-state index in [1.165, 1.54) is 5.56 Å². The number of nitrogens with two attached hydrogens (primary N) is 1. The minimum absolute atomic E-state index is 0.0419. The molecule has 0 aliphatic carbocycles. The monoisotopic (exact) mass is 358 g/mol. The number of benzene rings is 1. The molecule has 1 aromatic heterocycles. The van der Waals surface area contributed by atoms with E-state index in [9.17, 15) is 13.2 Å². The lowest BCUT2D eigenvalue weighted by atomic mass is 9.84. The number of aryl methyl sites for hydroxylation is 2. The molecule has 0 atom stereocenters. The van der Waals surface area contributed by atoms with E-state index >= 15 is 0 Å². The minimum Gasteiger partial charge on any atom is -0.335 e. The lowest BCUT2D eigenvalue weighted by Crippen LogP contribution is -2.21. The predicted molar refractivity (Wildman–Crippen MR) is 89.4 cm³/mol. The number of rotatable bonds is 3. The van der Waals surface area contributed by atoms with Gasteiger partial charge in [0.05, 0.1) is 0 Å². The van der Waals surface area contributed by atoms with Crippen LogP contribution in [0.25, 0.3) is 0 Å². The Balaban J connectivity index is 2.23. The molecule has 1 aromatic carbocycles. The maximum Gasteiger partial charge on any atom is 0.453 e. The van der Waals surface area contributed by atoms with Gasteiger partial charge >= 0.3 is 6.18 Å². The first-order valence-corrected chi connectivity index (χ1v) is 8.41. The Morgan fingerprint density at radius 2 is 1.62 bits per heavy atom. The van der Waals surface area contributed by atoms with Crippen LogP contribution in [0.1, 0.15) is 48.8 Å². The molecule has 1 heterocycles. The topological polar surface area (TPSA) is 56.7 Å². The second kappa shape index (κ2) is 6.31. The quantitative estimate of drug-likeness (QED) is 0.659. The lowest BCUT2D eigenvalue weighted by molar-refractivity contribution is -0.146. The van der Waals surface area contributed by atoms with Crippen molar-refractivity contribution < 1.29 is 13.2 Å². The van der Waals surface area contributed by atoms with Crippen LogP contribution in [-0.4, -0.2) is 14.9 Å². The molecular formula is C16H21F3N4S. The average Bonchev–Trinajstić information content (AvgIpc) is 2.78. The van der Waals surface area contributed by atoms with Crippen molar-refractivity contribution in [2.45, 2.75) is 57.1 Å². The molecule has 0 unspecified atom stereocenters. The molecule has 8 heteroatoms. The van der Waals surface area contributed by atoms with E-state index in [1.807, 2.05) is 13.8 Å². The maximum absolute atomic E-state index is 12.7. The molecule has 0 saturated carbocycles. The van der Waals surface area contributed by atoms with Crippen LogP contribution in [0.5, 0.6) is 0 Å². The molecule has 0 aliphatic rings. The Labute approximate surface area is 143 Å². The highest BCUT2D eigenvalue weighted by molar-refractivity contribution is 7.98. The van der Waals surface area contributed by atoms with Gasteiger partial charge in [-0.15, -0.1) is 10.2 Å². The minimum atomic E-state index is -4.61. The van der Waals surface area contributed by atoms with Gasteiger partial charge in [0.1, 0.15) is 0 Å². The largest absolute Gasteiger partial charge is 0.453 e. The van der Waals surface area contributed by atoms with Crippen LogP contribution in [0.15, 0.2) is 17.3 Å². The van der Waals surface area contributed by atoms with Crippen LogP contribution < -0.4 is 5.84 Å². The molecule has 0 bridgehead atoms. The summed E-state index contributed by atoms with van der Waals surface area (Å²) < 4.78 is 38.6. The smallest absolute Gasteiger partial charge is 0.335 e. The fourth-order valence-electron chi connectivity index (χ4n) is 2.36. The lowest BCUT2D eigenvalue weighted by Gasteiger charge is -2.22. The third-order valence-corrected chi connectivity index (χ3v) is 4.80. The summed E-state index contributed by atoms with van der Waals surface area (Å²) >= 11 is 1.14. The van der Waals surface area contributed by atoms with Gasteiger partial charge in [0.15, 0.2) is 0 Å². The fraction of sp³-hybridized carbons (Fsp3) is 0.500. The van der Waals surface area contributed by atoms with Gasteiger partial charge in [0.2, 0.25) is 5.16 Å². The highest BCUT2D eigenvalue weighted by Gasteiger charge is 2.38. The van der Waals surface area contributed by atoms with Gasteiger partial charge < -0.3 is 5.84 Å². The number of nitrogen functional groups attached to an aromatic ring is 1. The SMILES string of the molecule is Cc1cc(C(C)(C)C)cc(C)c1CSc1nnc(C(F)(F)F)n1N. The summed E-state index contributed by atoms with van der Waals surface area (Å²) in [5.74, 6) is 4.75. The van der Waals surface area contributed by atoms with Crippen molar-refractivity contribution in [3.05, 3.63) is 40.2 Å². The zero-order chi connectivity index (χ0) is 18.3. The third-order valence-electron chi connectivity index (χ3n) is 3.83. The molecule has 24 heavy (non-hydrogen) atoms. The van der Waals surface area contributed by atoms with E-state index in [2.05, 4.69) is 43.1 Å². The Morgan fingerprint density at radius 3 is 2.04 bits per heavy atom. The van der Waals surface area contributed by atoms with Gasteiger partial charge in [0, 0.05) is 5.75 Å². The zero-order valence-electron chi connectivity index (χ0n) is 14.3. The predicted octanol–water partition coefficient (Wildman–Crippen LogP) is 4.22. The number of hydrogen-bond donors (Lipinski definition) is 1. The van der Waals surface area contributed by atoms with Crippen LogP contribution in [0.4, 0.5) is 13.2 Å². The summed E-state index contributed by atoms with van der Waals surface area (Å²) in [4.78, 5) is 0. The molecule has 4 nitrogen and oxygen atoms in total. The molecule has 0 aliphatic heterocycles. The van der Waals surface area contributed by atoms with Gasteiger partial charge in [-0.3, -0.25) is 0 Å². The van der Waals surface area contributed by atoms with Crippen molar-refractivity contribution in [2.75, 3.05) is 5.84 Å². The average molecular weight is 358 g/mol. The first-order valence-electron chi connectivity index (χ1n) is 7.42. The second-order valence-electron chi connectivity index (χ2n) is 6.80. The maximum atomic E-state index is 12.7. The van der Waals surface area contributed by atoms with Gasteiger partial charge in [-0.25, -0.2) is 4.68 Å².